The molecule has 0 rings (SSSR count). The van der Waals surface area contributed by atoms with Gasteiger partial charge in [0.15, 0.2) is 0 Å². The second-order valence-corrected chi connectivity index (χ2v) is 4.56. The SMILES string of the molecule is CC(C)C(C)C(C)C(C)C(C)O. The first-order chi connectivity index (χ1) is 5.37. The number of aliphatic hydroxyl groups is 1. The van der Waals surface area contributed by atoms with Gasteiger partial charge >= 0.3 is 0 Å². The van der Waals surface area contributed by atoms with Crippen LogP contribution in [-0.4, -0.2) is 11.2 Å². The van der Waals surface area contributed by atoms with Crippen LogP contribution in [0.3, 0.4) is 0 Å². The molecule has 74 valence electrons. The molecule has 0 bridgehead atoms. The fourth-order valence-corrected chi connectivity index (χ4v) is 1.53. The highest BCUT2D eigenvalue weighted by atomic mass is 16.3. The third-order valence-corrected chi connectivity index (χ3v) is 3.47. The quantitative estimate of drug-likeness (QED) is 0.691. The summed E-state index contributed by atoms with van der Waals surface area (Å²) in [5.41, 5.74) is 0. The zero-order chi connectivity index (χ0) is 9.89. The third kappa shape index (κ3) is 3.14. The monoisotopic (exact) mass is 172 g/mol. The normalized spacial score (nSPS) is 22.0. The molecule has 4 atom stereocenters. The largest absolute Gasteiger partial charge is 0.393 e. The molecule has 0 amide bonds. The average Bonchev–Trinajstić information content (AvgIpc) is 2.00. The second kappa shape index (κ2) is 4.86. The van der Waals surface area contributed by atoms with Gasteiger partial charge in [0.25, 0.3) is 0 Å². The number of aliphatic hydroxyl groups excluding tert-OH is 1. The zero-order valence-corrected chi connectivity index (χ0v) is 9.33. The van der Waals surface area contributed by atoms with Gasteiger partial charge < -0.3 is 5.11 Å². The van der Waals surface area contributed by atoms with Crippen LogP contribution in [0.15, 0.2) is 0 Å². The first-order valence-corrected chi connectivity index (χ1v) is 5.06. The van der Waals surface area contributed by atoms with Crippen molar-refractivity contribution < 1.29 is 5.11 Å². The van der Waals surface area contributed by atoms with Crippen LogP contribution in [0.5, 0.6) is 0 Å². The van der Waals surface area contributed by atoms with E-state index >= 15 is 0 Å². The Hall–Kier alpha value is -0.0400. The maximum atomic E-state index is 9.42. The Morgan fingerprint density at radius 1 is 0.667 bits per heavy atom. The fourth-order valence-electron chi connectivity index (χ4n) is 1.53. The molecule has 1 nitrogen and oxygen atoms in total. The van der Waals surface area contributed by atoms with E-state index in [1.54, 1.807) is 0 Å². The van der Waals surface area contributed by atoms with Crippen molar-refractivity contribution in [2.45, 2.75) is 47.6 Å². The van der Waals surface area contributed by atoms with Gasteiger partial charge in [-0.15, -0.1) is 0 Å². The van der Waals surface area contributed by atoms with Crippen LogP contribution in [-0.2, 0) is 0 Å². The van der Waals surface area contributed by atoms with E-state index in [1.165, 1.54) is 0 Å². The van der Waals surface area contributed by atoms with Crippen molar-refractivity contribution in [2.24, 2.45) is 23.7 Å². The predicted molar refractivity (Wildman–Crippen MR) is 54.0 cm³/mol. The molecule has 0 saturated heterocycles. The Labute approximate surface area is 77.2 Å². The van der Waals surface area contributed by atoms with Gasteiger partial charge in [0.2, 0.25) is 0 Å². The Kier molecular flexibility index (Phi) is 4.84. The lowest BCUT2D eigenvalue weighted by Gasteiger charge is -2.30. The summed E-state index contributed by atoms with van der Waals surface area (Å²) in [5, 5.41) is 9.42. The van der Waals surface area contributed by atoms with Gasteiger partial charge in [0.1, 0.15) is 0 Å². The van der Waals surface area contributed by atoms with Crippen LogP contribution in [0.25, 0.3) is 0 Å². The van der Waals surface area contributed by atoms with Crippen molar-refractivity contribution in [1.29, 1.82) is 0 Å². The molecule has 0 aromatic heterocycles. The summed E-state index contributed by atoms with van der Waals surface area (Å²) < 4.78 is 0. The van der Waals surface area contributed by atoms with Crippen LogP contribution >= 0.6 is 0 Å². The minimum atomic E-state index is -0.179. The summed E-state index contributed by atoms with van der Waals surface area (Å²) in [6.45, 7) is 13.0. The lowest BCUT2D eigenvalue weighted by molar-refractivity contribution is 0.0751. The van der Waals surface area contributed by atoms with Crippen LogP contribution in [0.4, 0.5) is 0 Å². The maximum Gasteiger partial charge on any atom is 0.0540 e. The van der Waals surface area contributed by atoms with Gasteiger partial charge in [-0.3, -0.25) is 0 Å². The fraction of sp³-hybridized carbons (Fsp3) is 1.00. The van der Waals surface area contributed by atoms with Gasteiger partial charge in [-0.05, 0) is 30.6 Å². The second-order valence-electron chi connectivity index (χ2n) is 4.56. The molecule has 0 aliphatic carbocycles. The van der Waals surface area contributed by atoms with Gasteiger partial charge in [0.05, 0.1) is 6.10 Å². The summed E-state index contributed by atoms with van der Waals surface area (Å²) in [6, 6.07) is 0. The molecule has 0 saturated carbocycles. The van der Waals surface area contributed by atoms with Crippen molar-refractivity contribution >= 4 is 0 Å². The molecule has 0 spiro atoms. The molecule has 0 aromatic carbocycles. The van der Waals surface area contributed by atoms with Gasteiger partial charge in [0, 0.05) is 0 Å². The van der Waals surface area contributed by atoms with Gasteiger partial charge in [-0.1, -0.05) is 34.6 Å². The maximum absolute atomic E-state index is 9.42. The average molecular weight is 172 g/mol. The first-order valence-electron chi connectivity index (χ1n) is 5.06. The molecule has 0 radical (unpaired) electrons. The van der Waals surface area contributed by atoms with Crippen LogP contribution in [0.2, 0.25) is 0 Å². The minimum Gasteiger partial charge on any atom is -0.393 e. The molecular formula is C11H24O. The molecule has 0 aliphatic rings. The molecule has 1 heteroatoms. The summed E-state index contributed by atoms with van der Waals surface area (Å²) in [7, 11) is 0. The highest BCUT2D eigenvalue weighted by molar-refractivity contribution is 4.73. The van der Waals surface area contributed by atoms with E-state index < -0.39 is 0 Å². The summed E-state index contributed by atoms with van der Waals surface area (Å²) in [5.74, 6) is 2.41. The van der Waals surface area contributed by atoms with E-state index in [4.69, 9.17) is 0 Å². The lowest BCUT2D eigenvalue weighted by Crippen LogP contribution is -2.27. The highest BCUT2D eigenvalue weighted by Gasteiger charge is 2.24. The number of hydrogen-bond donors (Lipinski definition) is 1. The predicted octanol–water partition coefficient (Wildman–Crippen LogP) is 2.93. The highest BCUT2D eigenvalue weighted by Crippen LogP contribution is 2.28. The van der Waals surface area contributed by atoms with E-state index in [1.807, 2.05) is 6.92 Å². The molecule has 4 unspecified atom stereocenters. The van der Waals surface area contributed by atoms with E-state index in [9.17, 15) is 5.11 Å². The molecular weight excluding hydrogens is 148 g/mol. The van der Waals surface area contributed by atoms with Crippen molar-refractivity contribution in [3.63, 3.8) is 0 Å². The summed E-state index contributed by atoms with van der Waals surface area (Å²) >= 11 is 0. The molecule has 0 fully saturated rings. The van der Waals surface area contributed by atoms with Crippen molar-refractivity contribution in [3.05, 3.63) is 0 Å². The van der Waals surface area contributed by atoms with Crippen molar-refractivity contribution in [2.75, 3.05) is 0 Å². The van der Waals surface area contributed by atoms with Crippen molar-refractivity contribution in [3.8, 4) is 0 Å². The third-order valence-electron chi connectivity index (χ3n) is 3.47. The first kappa shape index (κ1) is 12.0. The van der Waals surface area contributed by atoms with Crippen LogP contribution in [0.1, 0.15) is 41.5 Å². The van der Waals surface area contributed by atoms with Gasteiger partial charge in [-0.2, -0.15) is 0 Å². The minimum absolute atomic E-state index is 0.179. The Bertz CT molecular complexity index is 104. The number of rotatable bonds is 4. The lowest BCUT2D eigenvalue weighted by atomic mass is 9.77. The molecule has 0 aromatic rings. The van der Waals surface area contributed by atoms with Crippen LogP contribution < -0.4 is 0 Å². The van der Waals surface area contributed by atoms with E-state index in [-0.39, 0.29) is 6.10 Å². The summed E-state index contributed by atoms with van der Waals surface area (Å²) in [6.07, 6.45) is -0.179. The van der Waals surface area contributed by atoms with E-state index in [2.05, 4.69) is 34.6 Å². The summed E-state index contributed by atoms with van der Waals surface area (Å²) in [4.78, 5) is 0. The topological polar surface area (TPSA) is 20.2 Å². The molecule has 0 aliphatic heterocycles. The van der Waals surface area contributed by atoms with Crippen molar-refractivity contribution in [1.82, 2.24) is 0 Å². The molecule has 12 heavy (non-hydrogen) atoms. The van der Waals surface area contributed by atoms with Crippen LogP contribution in [0, 0.1) is 23.7 Å². The standard InChI is InChI=1S/C11H24O/c1-7(2)8(3)9(4)10(5)11(6)12/h7-12H,1-6H3. The van der Waals surface area contributed by atoms with Gasteiger partial charge in [-0.25, -0.2) is 0 Å². The molecule has 1 N–H and O–H groups in total. The van der Waals surface area contributed by atoms with E-state index in [0.29, 0.717) is 23.7 Å². The Morgan fingerprint density at radius 3 is 1.33 bits per heavy atom. The number of hydrogen-bond acceptors (Lipinski definition) is 1. The Morgan fingerprint density at radius 2 is 1.08 bits per heavy atom. The zero-order valence-electron chi connectivity index (χ0n) is 9.33. The smallest absolute Gasteiger partial charge is 0.0540 e. The Balaban J connectivity index is 4.08. The van der Waals surface area contributed by atoms with E-state index in [0.717, 1.165) is 0 Å². The molecule has 0 heterocycles.